The summed E-state index contributed by atoms with van der Waals surface area (Å²) in [7, 11) is 1.47. The Labute approximate surface area is 208 Å². The predicted molar refractivity (Wildman–Crippen MR) is 132 cm³/mol. The lowest BCUT2D eigenvalue weighted by Gasteiger charge is -2.13. The molecule has 6 nitrogen and oxygen atoms in total. The first-order valence-corrected chi connectivity index (χ1v) is 11.1. The number of carbonyl (C=O) groups is 1. The Hall–Kier alpha value is -3.28. The summed E-state index contributed by atoms with van der Waals surface area (Å²) >= 11 is 2.04. The molecule has 0 atom stereocenters. The minimum atomic E-state index is -4.43. The molecule has 0 aliphatic rings. The van der Waals surface area contributed by atoms with Gasteiger partial charge in [0.05, 0.1) is 28.1 Å². The van der Waals surface area contributed by atoms with Crippen molar-refractivity contribution in [2.75, 3.05) is 19.1 Å². The van der Waals surface area contributed by atoms with Crippen molar-refractivity contribution in [3.8, 4) is 11.5 Å². The third-order valence-corrected chi connectivity index (χ3v) is 5.33. The molecule has 2 N–H and O–H groups in total. The van der Waals surface area contributed by atoms with E-state index >= 15 is 0 Å². The van der Waals surface area contributed by atoms with Crippen molar-refractivity contribution in [2.45, 2.75) is 12.7 Å². The van der Waals surface area contributed by atoms with Crippen LogP contribution in [-0.4, -0.2) is 25.8 Å². The Kier molecular flexibility index (Phi) is 8.74. The minimum absolute atomic E-state index is 0.191. The van der Waals surface area contributed by atoms with Gasteiger partial charge in [0.2, 0.25) is 0 Å². The molecule has 178 valence electrons. The predicted octanol–water partition coefficient (Wildman–Crippen LogP) is 5.46. The average Bonchev–Trinajstić information content (AvgIpc) is 2.82. The number of benzene rings is 3. The molecule has 0 aromatic heterocycles. The van der Waals surface area contributed by atoms with Crippen LogP contribution in [0.15, 0.2) is 71.8 Å². The van der Waals surface area contributed by atoms with Crippen LogP contribution < -0.4 is 20.2 Å². The SMILES string of the molecule is COc1cc(/C=N/Nc2cccc(C(F)(F)F)c2)cc(I)c1OCC(=O)NCc1ccccc1. The number of carbonyl (C=O) groups excluding carboxylic acids is 1. The quantitative estimate of drug-likeness (QED) is 0.200. The Morgan fingerprint density at radius 1 is 1.09 bits per heavy atom. The molecule has 0 aliphatic carbocycles. The molecule has 0 unspecified atom stereocenters. The number of nitrogens with zero attached hydrogens (tertiary/aromatic N) is 1. The molecule has 0 heterocycles. The Morgan fingerprint density at radius 2 is 1.85 bits per heavy atom. The van der Waals surface area contributed by atoms with E-state index in [0.717, 1.165) is 17.7 Å². The summed E-state index contributed by atoms with van der Waals surface area (Å²) in [5.41, 5.74) is 3.63. The minimum Gasteiger partial charge on any atom is -0.493 e. The van der Waals surface area contributed by atoms with Crippen LogP contribution in [0.25, 0.3) is 0 Å². The molecular formula is C24H21F3IN3O3. The number of ether oxygens (including phenoxy) is 2. The van der Waals surface area contributed by atoms with Gasteiger partial charge >= 0.3 is 6.18 Å². The van der Waals surface area contributed by atoms with Crippen LogP contribution in [0.4, 0.5) is 18.9 Å². The van der Waals surface area contributed by atoms with Crippen LogP contribution in [0.3, 0.4) is 0 Å². The molecule has 3 aromatic carbocycles. The maximum absolute atomic E-state index is 12.8. The first-order valence-electron chi connectivity index (χ1n) is 10.0. The molecule has 3 aromatic rings. The van der Waals surface area contributed by atoms with E-state index in [0.29, 0.717) is 27.2 Å². The number of hydrogen-bond donors (Lipinski definition) is 2. The molecule has 10 heteroatoms. The normalized spacial score (nSPS) is 11.3. The van der Waals surface area contributed by atoms with E-state index in [1.807, 2.05) is 52.9 Å². The van der Waals surface area contributed by atoms with E-state index in [4.69, 9.17) is 9.47 Å². The van der Waals surface area contributed by atoms with Crippen LogP contribution in [0.1, 0.15) is 16.7 Å². The van der Waals surface area contributed by atoms with E-state index < -0.39 is 11.7 Å². The van der Waals surface area contributed by atoms with E-state index in [-0.39, 0.29) is 18.2 Å². The van der Waals surface area contributed by atoms with Crippen molar-refractivity contribution in [2.24, 2.45) is 5.10 Å². The van der Waals surface area contributed by atoms with Crippen LogP contribution in [0.2, 0.25) is 0 Å². The van der Waals surface area contributed by atoms with Crippen molar-refractivity contribution >= 4 is 40.4 Å². The zero-order chi connectivity index (χ0) is 24.6. The van der Waals surface area contributed by atoms with Crippen LogP contribution >= 0.6 is 22.6 Å². The van der Waals surface area contributed by atoms with Gasteiger partial charge in [0.15, 0.2) is 18.1 Å². The number of anilines is 1. The van der Waals surface area contributed by atoms with Crippen molar-refractivity contribution in [1.29, 1.82) is 0 Å². The van der Waals surface area contributed by atoms with Gasteiger partial charge in [0, 0.05) is 6.54 Å². The summed E-state index contributed by atoms with van der Waals surface area (Å²) in [6, 6.07) is 17.7. The second-order valence-electron chi connectivity index (χ2n) is 7.03. The molecule has 0 bridgehead atoms. The standard InChI is InChI=1S/C24H21F3IN3O3/c1-33-21-11-17(14-30-31-19-9-5-8-18(12-19)24(25,26)27)10-20(28)23(21)34-15-22(32)29-13-16-6-3-2-4-7-16/h2-12,14,31H,13,15H2,1H3,(H,29,32)/b30-14+. The fourth-order valence-corrected chi connectivity index (χ4v) is 3.67. The third-order valence-electron chi connectivity index (χ3n) is 4.53. The third kappa shape index (κ3) is 7.37. The van der Waals surface area contributed by atoms with Crippen LogP contribution in [0.5, 0.6) is 11.5 Å². The van der Waals surface area contributed by atoms with Crippen molar-refractivity contribution in [1.82, 2.24) is 5.32 Å². The highest BCUT2D eigenvalue weighted by molar-refractivity contribution is 14.1. The molecule has 0 aliphatic heterocycles. The van der Waals surface area contributed by atoms with Gasteiger partial charge in [0.1, 0.15) is 0 Å². The fourth-order valence-electron chi connectivity index (χ4n) is 2.89. The number of nitrogens with one attached hydrogen (secondary N) is 2. The molecule has 0 spiro atoms. The number of methoxy groups -OCH3 is 1. The van der Waals surface area contributed by atoms with Crippen LogP contribution in [-0.2, 0) is 17.5 Å². The summed E-state index contributed by atoms with van der Waals surface area (Å²) in [6.07, 6.45) is -2.99. The van der Waals surface area contributed by atoms with Crippen molar-refractivity contribution in [3.05, 3.63) is 87.0 Å². The Balaban J connectivity index is 1.61. The zero-order valence-electron chi connectivity index (χ0n) is 18.0. The summed E-state index contributed by atoms with van der Waals surface area (Å²) < 4.78 is 50.2. The number of rotatable bonds is 9. The van der Waals surface area contributed by atoms with E-state index in [1.54, 1.807) is 12.1 Å². The zero-order valence-corrected chi connectivity index (χ0v) is 20.2. The highest BCUT2D eigenvalue weighted by atomic mass is 127. The van der Waals surface area contributed by atoms with Gasteiger partial charge in [-0.15, -0.1) is 0 Å². The lowest BCUT2D eigenvalue weighted by Crippen LogP contribution is -2.28. The lowest BCUT2D eigenvalue weighted by atomic mass is 10.2. The number of alkyl halides is 3. The molecule has 0 saturated heterocycles. The molecule has 3 rings (SSSR count). The molecule has 0 radical (unpaired) electrons. The van der Waals surface area contributed by atoms with Crippen molar-refractivity contribution in [3.63, 3.8) is 0 Å². The Morgan fingerprint density at radius 3 is 2.56 bits per heavy atom. The molecule has 1 amide bonds. The first kappa shape index (κ1) is 25.3. The average molecular weight is 583 g/mol. The van der Waals surface area contributed by atoms with E-state index in [2.05, 4.69) is 15.8 Å². The van der Waals surface area contributed by atoms with Gasteiger partial charge < -0.3 is 14.8 Å². The molecule has 0 fully saturated rings. The molecule has 34 heavy (non-hydrogen) atoms. The summed E-state index contributed by atoms with van der Waals surface area (Å²) in [4.78, 5) is 12.2. The summed E-state index contributed by atoms with van der Waals surface area (Å²) in [6.45, 7) is 0.204. The van der Waals surface area contributed by atoms with Gasteiger partial charge in [0.25, 0.3) is 5.91 Å². The molecular weight excluding hydrogens is 562 g/mol. The van der Waals surface area contributed by atoms with Gasteiger partial charge in [-0.25, -0.2) is 0 Å². The Bertz CT molecular complexity index is 1160. The largest absolute Gasteiger partial charge is 0.493 e. The molecule has 0 saturated carbocycles. The lowest BCUT2D eigenvalue weighted by molar-refractivity contribution is -0.137. The van der Waals surface area contributed by atoms with E-state index in [9.17, 15) is 18.0 Å². The topological polar surface area (TPSA) is 71.9 Å². The number of hydrazone groups is 1. The maximum Gasteiger partial charge on any atom is 0.416 e. The van der Waals surface area contributed by atoms with Gasteiger partial charge in [-0.1, -0.05) is 36.4 Å². The second-order valence-corrected chi connectivity index (χ2v) is 8.20. The summed E-state index contributed by atoms with van der Waals surface area (Å²) in [5.74, 6) is 0.516. The second kappa shape index (κ2) is 11.7. The summed E-state index contributed by atoms with van der Waals surface area (Å²) in [5, 5.41) is 6.79. The highest BCUT2D eigenvalue weighted by Crippen LogP contribution is 2.34. The smallest absolute Gasteiger partial charge is 0.416 e. The monoisotopic (exact) mass is 583 g/mol. The number of amides is 1. The van der Waals surface area contributed by atoms with E-state index in [1.165, 1.54) is 25.5 Å². The van der Waals surface area contributed by atoms with Crippen molar-refractivity contribution < 1.29 is 27.4 Å². The maximum atomic E-state index is 12.8. The van der Waals surface area contributed by atoms with Gasteiger partial charge in [-0.05, 0) is 64.0 Å². The van der Waals surface area contributed by atoms with Crippen LogP contribution in [0, 0.1) is 3.57 Å². The van der Waals surface area contributed by atoms with Gasteiger partial charge in [-0.2, -0.15) is 18.3 Å². The number of halogens is 4. The first-order chi connectivity index (χ1) is 16.3. The van der Waals surface area contributed by atoms with Gasteiger partial charge in [-0.3, -0.25) is 10.2 Å². The highest BCUT2D eigenvalue weighted by Gasteiger charge is 2.30. The number of hydrogen-bond acceptors (Lipinski definition) is 5. The fraction of sp³-hybridized carbons (Fsp3) is 0.167.